The van der Waals surface area contributed by atoms with Gasteiger partial charge in [-0.3, -0.25) is 4.79 Å². The van der Waals surface area contributed by atoms with E-state index in [2.05, 4.69) is 4.98 Å². The molecule has 34 heavy (non-hydrogen) atoms. The summed E-state index contributed by atoms with van der Waals surface area (Å²) in [5.74, 6) is 0.635. The highest BCUT2D eigenvalue weighted by Gasteiger charge is 2.45. The van der Waals surface area contributed by atoms with Gasteiger partial charge in [-0.1, -0.05) is 18.2 Å². The van der Waals surface area contributed by atoms with Gasteiger partial charge in [0.05, 0.1) is 12.2 Å². The summed E-state index contributed by atoms with van der Waals surface area (Å²) in [6.45, 7) is -0.286. The Kier molecular flexibility index (Phi) is 6.35. The van der Waals surface area contributed by atoms with Crippen molar-refractivity contribution in [3.8, 4) is 23.1 Å². The highest BCUT2D eigenvalue weighted by Crippen LogP contribution is 2.35. The fourth-order valence-corrected chi connectivity index (χ4v) is 3.65. The fraction of sp³-hybridized carbons (Fsp3) is 0.208. The summed E-state index contributed by atoms with van der Waals surface area (Å²) in [5.41, 5.74) is 3.65. The lowest BCUT2D eigenvalue weighted by molar-refractivity contribution is -0.122. The van der Waals surface area contributed by atoms with Crippen molar-refractivity contribution in [1.82, 2.24) is 9.88 Å². The summed E-state index contributed by atoms with van der Waals surface area (Å²) in [7, 11) is 0. The van der Waals surface area contributed by atoms with Gasteiger partial charge >= 0.3 is 6.09 Å². The summed E-state index contributed by atoms with van der Waals surface area (Å²) in [6, 6.07) is 18.5. The molecule has 176 valence electrons. The van der Waals surface area contributed by atoms with Crippen molar-refractivity contribution >= 4 is 12.0 Å². The molecule has 2 atom stereocenters. The van der Waals surface area contributed by atoms with Gasteiger partial charge in [0.15, 0.2) is 0 Å². The number of aromatic nitrogens is 1. The van der Waals surface area contributed by atoms with Gasteiger partial charge in [0, 0.05) is 13.0 Å². The molecule has 2 heterocycles. The maximum Gasteiger partial charge on any atom is 0.407 e. The average Bonchev–Trinajstić information content (AvgIpc) is 2.82. The second-order valence-corrected chi connectivity index (χ2v) is 7.82. The zero-order valence-electron chi connectivity index (χ0n) is 18.0. The lowest BCUT2D eigenvalue weighted by Gasteiger charge is -2.40. The van der Waals surface area contributed by atoms with E-state index in [1.165, 1.54) is 12.1 Å². The highest BCUT2D eigenvalue weighted by atomic mass is 16.5. The molecule has 2 aromatic carbocycles. The zero-order chi connectivity index (χ0) is 24.3. The number of carbonyl (C=O) groups is 2. The monoisotopic (exact) mass is 465 g/mol. The number of rotatable bonds is 6. The summed E-state index contributed by atoms with van der Waals surface area (Å²) < 4.78 is 11.5. The third-order valence-corrected chi connectivity index (χ3v) is 5.56. The minimum atomic E-state index is -1.83. The first-order valence-electron chi connectivity index (χ1n) is 10.5. The molecule has 0 spiro atoms. The smallest absolute Gasteiger partial charge is 0.407 e. The number of primary amides is 1. The molecule has 10 heteroatoms. The molecular weight excluding hydrogens is 442 g/mol. The van der Waals surface area contributed by atoms with Crippen LogP contribution in [-0.2, 0) is 5.60 Å². The Bertz CT molecular complexity index is 1190. The fourth-order valence-electron chi connectivity index (χ4n) is 3.65. The molecule has 0 bridgehead atoms. The molecule has 2 amide bonds. The molecule has 0 aliphatic carbocycles. The summed E-state index contributed by atoms with van der Waals surface area (Å²) in [5, 5.41) is 30.7. The molecule has 0 saturated carbocycles. The zero-order valence-corrected chi connectivity index (χ0v) is 18.0. The van der Waals surface area contributed by atoms with Gasteiger partial charge in [-0.2, -0.15) is 0 Å². The minimum absolute atomic E-state index is 0.00120. The highest BCUT2D eigenvalue weighted by molar-refractivity contribution is 5.95. The molecule has 5 N–H and O–H groups in total. The lowest BCUT2D eigenvalue weighted by Crippen LogP contribution is -2.55. The van der Waals surface area contributed by atoms with Crippen molar-refractivity contribution in [3.63, 3.8) is 0 Å². The van der Waals surface area contributed by atoms with Crippen LogP contribution < -0.4 is 15.2 Å². The number of aliphatic hydroxyl groups is 2. The van der Waals surface area contributed by atoms with E-state index >= 15 is 0 Å². The molecule has 10 nitrogen and oxygen atoms in total. The standard InChI is InChI=1S/C24H23N3O7/c25-21(29)18-10-11-19(24(32)12-13-27(23(30)31)14-20(24)28)26-22(18)34-17-8-6-16(7-9-17)33-15-4-2-1-3-5-15/h1-11,20,28,32H,12-14H2,(H2,25,29)(H,30,31). The molecule has 1 aromatic heterocycles. The number of nitrogens with zero attached hydrogens (tertiary/aromatic N) is 2. The molecule has 2 unspecified atom stereocenters. The lowest BCUT2D eigenvalue weighted by atomic mass is 9.85. The number of para-hydroxylation sites is 1. The quantitative estimate of drug-likeness (QED) is 0.433. The van der Waals surface area contributed by atoms with Gasteiger partial charge in [-0.15, -0.1) is 0 Å². The number of aliphatic hydroxyl groups excluding tert-OH is 1. The second-order valence-electron chi connectivity index (χ2n) is 7.82. The summed E-state index contributed by atoms with van der Waals surface area (Å²) >= 11 is 0. The van der Waals surface area contributed by atoms with Crippen LogP contribution in [0.15, 0.2) is 66.7 Å². The number of hydrogen-bond donors (Lipinski definition) is 4. The third-order valence-electron chi connectivity index (χ3n) is 5.56. The first-order valence-corrected chi connectivity index (χ1v) is 10.5. The van der Waals surface area contributed by atoms with Crippen LogP contribution in [0.4, 0.5) is 4.79 Å². The van der Waals surface area contributed by atoms with Crippen molar-refractivity contribution in [1.29, 1.82) is 0 Å². The number of hydrogen-bond acceptors (Lipinski definition) is 7. The van der Waals surface area contributed by atoms with Crippen molar-refractivity contribution in [2.45, 2.75) is 18.1 Å². The molecule has 1 saturated heterocycles. The van der Waals surface area contributed by atoms with Crippen molar-refractivity contribution in [3.05, 3.63) is 78.0 Å². The minimum Gasteiger partial charge on any atom is -0.465 e. The normalized spacial score (nSPS) is 19.9. The second kappa shape index (κ2) is 9.38. The number of ether oxygens (including phenoxy) is 2. The predicted molar refractivity (Wildman–Crippen MR) is 120 cm³/mol. The number of nitrogens with two attached hydrogens (primary N) is 1. The van der Waals surface area contributed by atoms with Gasteiger partial charge in [-0.05, 0) is 48.5 Å². The Morgan fingerprint density at radius 3 is 2.18 bits per heavy atom. The number of carboxylic acid groups (broad SMARTS) is 1. The molecule has 1 fully saturated rings. The number of carbonyl (C=O) groups excluding carboxylic acids is 1. The van der Waals surface area contributed by atoms with Crippen LogP contribution in [0, 0.1) is 0 Å². The average molecular weight is 465 g/mol. The predicted octanol–water partition coefficient (Wildman–Crippen LogP) is 2.70. The largest absolute Gasteiger partial charge is 0.465 e. The molecule has 3 aromatic rings. The van der Waals surface area contributed by atoms with Gasteiger partial charge in [0.2, 0.25) is 5.88 Å². The molecule has 4 rings (SSSR count). The molecular formula is C24H23N3O7. The van der Waals surface area contributed by atoms with Crippen LogP contribution in [0.5, 0.6) is 23.1 Å². The Labute approximate surface area is 194 Å². The summed E-state index contributed by atoms with van der Waals surface area (Å²) in [6.07, 6.45) is -2.71. The van der Waals surface area contributed by atoms with E-state index < -0.39 is 23.7 Å². The molecule has 1 aliphatic rings. The van der Waals surface area contributed by atoms with Gasteiger partial charge in [0.25, 0.3) is 5.91 Å². The Balaban J connectivity index is 1.57. The van der Waals surface area contributed by atoms with E-state index in [-0.39, 0.29) is 36.6 Å². The number of β-amino-alcohol motifs (C(OH)–C–C–N with tert-alkyl or cyclic N) is 1. The summed E-state index contributed by atoms with van der Waals surface area (Å²) in [4.78, 5) is 28.4. The number of pyridine rings is 1. The Morgan fingerprint density at radius 1 is 0.971 bits per heavy atom. The van der Waals surface area contributed by atoms with Crippen molar-refractivity contribution < 1.29 is 34.4 Å². The molecule has 0 radical (unpaired) electrons. The Hall–Kier alpha value is -4.15. The first-order chi connectivity index (χ1) is 16.3. The SMILES string of the molecule is NC(=O)c1ccc(C2(O)CCN(C(=O)O)CC2O)nc1Oc1ccc(Oc2ccccc2)cc1. The molecule has 1 aliphatic heterocycles. The van der Waals surface area contributed by atoms with Crippen LogP contribution in [0.3, 0.4) is 0 Å². The number of benzene rings is 2. The van der Waals surface area contributed by atoms with E-state index in [9.17, 15) is 19.8 Å². The first kappa shape index (κ1) is 23.0. The number of likely N-dealkylation sites (tertiary alicyclic amines) is 1. The Morgan fingerprint density at radius 2 is 1.59 bits per heavy atom. The van der Waals surface area contributed by atoms with Crippen LogP contribution in [0.25, 0.3) is 0 Å². The van der Waals surface area contributed by atoms with Gasteiger partial charge < -0.3 is 35.4 Å². The van der Waals surface area contributed by atoms with Crippen LogP contribution in [-0.4, -0.2) is 56.4 Å². The van der Waals surface area contributed by atoms with Gasteiger partial charge in [0.1, 0.15) is 34.5 Å². The van der Waals surface area contributed by atoms with E-state index in [1.54, 1.807) is 24.3 Å². The maximum atomic E-state index is 11.9. The van der Waals surface area contributed by atoms with Gasteiger partial charge in [-0.25, -0.2) is 9.78 Å². The third kappa shape index (κ3) is 4.77. The van der Waals surface area contributed by atoms with E-state index in [0.29, 0.717) is 17.2 Å². The van der Waals surface area contributed by atoms with Crippen LogP contribution in [0.2, 0.25) is 0 Å². The van der Waals surface area contributed by atoms with E-state index in [4.69, 9.17) is 20.3 Å². The van der Waals surface area contributed by atoms with E-state index in [0.717, 1.165) is 4.90 Å². The number of piperidine rings is 1. The topological polar surface area (TPSA) is 155 Å². The van der Waals surface area contributed by atoms with Crippen LogP contribution in [0.1, 0.15) is 22.5 Å². The van der Waals surface area contributed by atoms with E-state index in [1.807, 2.05) is 30.3 Å². The van der Waals surface area contributed by atoms with Crippen LogP contribution >= 0.6 is 0 Å². The maximum absolute atomic E-state index is 11.9. The van der Waals surface area contributed by atoms with Crippen molar-refractivity contribution in [2.24, 2.45) is 5.73 Å². The van der Waals surface area contributed by atoms with Crippen molar-refractivity contribution in [2.75, 3.05) is 13.1 Å². The number of amides is 2.